The van der Waals surface area contributed by atoms with Crippen LogP contribution in [0.15, 0.2) is 212 Å². The first kappa shape index (κ1) is 39.7. The van der Waals surface area contributed by atoms with E-state index < -0.39 is 0 Å². The highest BCUT2D eigenvalue weighted by molar-refractivity contribution is 6.12. The Labute approximate surface area is 391 Å². The van der Waals surface area contributed by atoms with Crippen molar-refractivity contribution in [1.29, 1.82) is 15.8 Å². The standard InChI is InChI=1S/C61H35N7/c62-36-43-11-1-3-13-49(43)56-35-55(65-61(66-56)50-14-4-2-12-44(50)37-63)41-23-21-39(22-24-41)42-27-31-48(45(33-42)38-64)40-25-28-46(29-26-40)67-59-20-10-7-17-53(59)54-34-47(30-32-60(54)67)68-57-18-8-5-15-51(57)52-16-6-9-19-58(52)68/h1-35H. The molecule has 0 spiro atoms. The SMILES string of the molecule is N#Cc1cc(-c2ccc(-c3cc(-c4ccccc4C#N)nc(-c4ccccc4C#N)n3)cc2)ccc1-c1ccc(-n2c3ccccc3c3cc(-n4c5ccccc5c5ccccc54)ccc32)cc1. The van der Waals surface area contributed by atoms with Crippen molar-refractivity contribution in [3.8, 4) is 85.7 Å². The summed E-state index contributed by atoms with van der Waals surface area (Å²) < 4.78 is 4.68. The predicted molar refractivity (Wildman–Crippen MR) is 272 cm³/mol. The fourth-order valence-corrected chi connectivity index (χ4v) is 9.70. The number of rotatable bonds is 7. The van der Waals surface area contributed by atoms with Gasteiger partial charge in [-0.05, 0) is 101 Å². The molecule has 314 valence electrons. The maximum absolute atomic E-state index is 10.5. The van der Waals surface area contributed by atoms with Gasteiger partial charge in [0, 0.05) is 49.6 Å². The molecule has 3 heterocycles. The number of hydrogen-bond donors (Lipinski definition) is 0. The zero-order chi connectivity index (χ0) is 45.7. The van der Waals surface area contributed by atoms with Crippen molar-refractivity contribution in [2.45, 2.75) is 0 Å². The third-order valence-electron chi connectivity index (χ3n) is 12.9. The minimum absolute atomic E-state index is 0.397. The van der Waals surface area contributed by atoms with Crippen molar-refractivity contribution >= 4 is 43.6 Å². The number of benzene rings is 9. The van der Waals surface area contributed by atoms with Crippen molar-refractivity contribution in [2.24, 2.45) is 0 Å². The second-order valence-corrected chi connectivity index (χ2v) is 16.7. The number of hydrogen-bond acceptors (Lipinski definition) is 5. The van der Waals surface area contributed by atoms with E-state index in [1.54, 1.807) is 12.1 Å². The molecule has 7 nitrogen and oxygen atoms in total. The Hall–Kier alpha value is -9.87. The number of aromatic nitrogens is 4. The van der Waals surface area contributed by atoms with Crippen LogP contribution in [0.5, 0.6) is 0 Å². The lowest BCUT2D eigenvalue weighted by Gasteiger charge is -2.12. The van der Waals surface area contributed by atoms with Crippen LogP contribution in [-0.2, 0) is 0 Å². The first-order chi connectivity index (χ1) is 33.6. The molecular weight excluding hydrogens is 831 g/mol. The van der Waals surface area contributed by atoms with Crippen molar-refractivity contribution in [1.82, 2.24) is 19.1 Å². The fraction of sp³-hybridized carbons (Fsp3) is 0. The van der Waals surface area contributed by atoms with E-state index >= 15 is 0 Å². The van der Waals surface area contributed by atoms with Crippen LogP contribution in [-0.4, -0.2) is 19.1 Å². The molecule has 12 aromatic rings. The Morgan fingerprint density at radius 1 is 0.309 bits per heavy atom. The van der Waals surface area contributed by atoms with E-state index in [0.717, 1.165) is 50.2 Å². The average Bonchev–Trinajstić information content (AvgIpc) is 3.93. The Morgan fingerprint density at radius 3 is 1.43 bits per heavy atom. The van der Waals surface area contributed by atoms with Crippen molar-refractivity contribution in [3.63, 3.8) is 0 Å². The third kappa shape index (κ3) is 6.57. The smallest absolute Gasteiger partial charge is 0.161 e. The van der Waals surface area contributed by atoms with Crippen molar-refractivity contribution in [3.05, 3.63) is 229 Å². The molecule has 0 fully saturated rings. The van der Waals surface area contributed by atoms with Gasteiger partial charge >= 0.3 is 0 Å². The minimum Gasteiger partial charge on any atom is -0.309 e. The van der Waals surface area contributed by atoms with E-state index in [-0.39, 0.29) is 0 Å². The summed E-state index contributed by atoms with van der Waals surface area (Å²) in [5.74, 6) is 0.397. The molecule has 0 aliphatic carbocycles. The molecular formula is C61H35N7. The molecule has 0 aliphatic heterocycles. The highest BCUT2D eigenvalue weighted by atomic mass is 15.0. The fourth-order valence-electron chi connectivity index (χ4n) is 9.70. The molecule has 0 saturated heterocycles. The molecule has 0 bridgehead atoms. The largest absolute Gasteiger partial charge is 0.309 e. The van der Waals surface area contributed by atoms with Gasteiger partial charge in [-0.25, -0.2) is 9.97 Å². The lowest BCUT2D eigenvalue weighted by atomic mass is 9.94. The molecule has 12 rings (SSSR count). The van der Waals surface area contributed by atoms with Crippen LogP contribution in [0.2, 0.25) is 0 Å². The second-order valence-electron chi connectivity index (χ2n) is 16.7. The van der Waals surface area contributed by atoms with Crippen LogP contribution in [0.25, 0.3) is 111 Å². The van der Waals surface area contributed by atoms with Crippen LogP contribution < -0.4 is 0 Å². The van der Waals surface area contributed by atoms with Crippen LogP contribution in [0.4, 0.5) is 0 Å². The molecule has 0 amide bonds. The van der Waals surface area contributed by atoms with Gasteiger partial charge in [-0.2, -0.15) is 15.8 Å². The van der Waals surface area contributed by atoms with Gasteiger partial charge in [0.1, 0.15) is 0 Å². The van der Waals surface area contributed by atoms with E-state index in [1.807, 2.05) is 78.9 Å². The maximum atomic E-state index is 10.5. The summed E-state index contributed by atoms with van der Waals surface area (Å²) >= 11 is 0. The van der Waals surface area contributed by atoms with Gasteiger partial charge in [-0.1, -0.05) is 133 Å². The van der Waals surface area contributed by atoms with Gasteiger partial charge in [0.15, 0.2) is 5.82 Å². The second kappa shape index (κ2) is 16.3. The molecule has 7 heteroatoms. The first-order valence-electron chi connectivity index (χ1n) is 22.2. The predicted octanol–water partition coefficient (Wildman–Crippen LogP) is 14.6. The molecule has 0 saturated carbocycles. The van der Waals surface area contributed by atoms with Gasteiger partial charge in [0.05, 0.1) is 68.4 Å². The van der Waals surface area contributed by atoms with E-state index in [0.29, 0.717) is 45.0 Å². The van der Waals surface area contributed by atoms with Gasteiger partial charge in [0.25, 0.3) is 0 Å². The molecule has 0 unspecified atom stereocenters. The quantitative estimate of drug-likeness (QED) is 0.159. The van der Waals surface area contributed by atoms with Gasteiger partial charge in [-0.3, -0.25) is 0 Å². The normalized spacial score (nSPS) is 11.2. The Morgan fingerprint density at radius 2 is 0.779 bits per heavy atom. The maximum Gasteiger partial charge on any atom is 0.161 e. The summed E-state index contributed by atoms with van der Waals surface area (Å²) in [6.45, 7) is 0. The molecule has 0 N–H and O–H groups in total. The average molecular weight is 866 g/mol. The summed E-state index contributed by atoms with van der Waals surface area (Å²) in [4.78, 5) is 9.79. The summed E-state index contributed by atoms with van der Waals surface area (Å²) in [7, 11) is 0. The Bertz CT molecular complexity index is 3990. The molecule has 0 atom stereocenters. The number of para-hydroxylation sites is 3. The van der Waals surface area contributed by atoms with Crippen LogP contribution >= 0.6 is 0 Å². The highest BCUT2D eigenvalue weighted by Crippen LogP contribution is 2.38. The molecule has 0 aliphatic rings. The number of nitriles is 3. The topological polar surface area (TPSA) is 107 Å². The third-order valence-corrected chi connectivity index (χ3v) is 12.9. The zero-order valence-electron chi connectivity index (χ0n) is 36.3. The van der Waals surface area contributed by atoms with E-state index in [4.69, 9.17) is 9.97 Å². The van der Waals surface area contributed by atoms with Crippen LogP contribution in [0.3, 0.4) is 0 Å². The monoisotopic (exact) mass is 865 g/mol. The van der Waals surface area contributed by atoms with Gasteiger partial charge < -0.3 is 9.13 Å². The Kier molecular flexibility index (Phi) is 9.51. The van der Waals surface area contributed by atoms with Gasteiger partial charge in [0.2, 0.25) is 0 Å². The molecule has 0 radical (unpaired) electrons. The van der Waals surface area contributed by atoms with Crippen LogP contribution in [0.1, 0.15) is 16.7 Å². The molecule has 68 heavy (non-hydrogen) atoms. The van der Waals surface area contributed by atoms with Crippen LogP contribution in [0, 0.1) is 34.0 Å². The number of fused-ring (bicyclic) bond motifs is 6. The van der Waals surface area contributed by atoms with Gasteiger partial charge in [-0.15, -0.1) is 0 Å². The first-order valence-corrected chi connectivity index (χ1v) is 22.2. The van der Waals surface area contributed by atoms with E-state index in [9.17, 15) is 15.8 Å². The van der Waals surface area contributed by atoms with E-state index in [2.05, 4.69) is 149 Å². The lowest BCUT2D eigenvalue weighted by Crippen LogP contribution is -1.98. The molecule has 3 aromatic heterocycles. The highest BCUT2D eigenvalue weighted by Gasteiger charge is 2.19. The summed E-state index contributed by atoms with van der Waals surface area (Å²) in [5.41, 5.74) is 15.3. The lowest BCUT2D eigenvalue weighted by molar-refractivity contribution is 1.17. The summed E-state index contributed by atoms with van der Waals surface area (Å²) in [6, 6.07) is 78.5. The van der Waals surface area contributed by atoms with E-state index in [1.165, 1.54) is 32.6 Å². The minimum atomic E-state index is 0.397. The summed E-state index contributed by atoms with van der Waals surface area (Å²) in [6.07, 6.45) is 0. The van der Waals surface area contributed by atoms with Crippen molar-refractivity contribution < 1.29 is 0 Å². The zero-order valence-corrected chi connectivity index (χ0v) is 36.3. The number of nitrogens with zero attached hydrogens (tertiary/aromatic N) is 7. The Balaban J connectivity index is 0.868. The summed E-state index contributed by atoms with van der Waals surface area (Å²) in [5, 5.41) is 35.1. The van der Waals surface area contributed by atoms with Crippen molar-refractivity contribution in [2.75, 3.05) is 0 Å². The molecule has 9 aromatic carbocycles.